The molecule has 2 N–H and O–H groups in total. The second-order valence-electron chi connectivity index (χ2n) is 11.1. The third-order valence-corrected chi connectivity index (χ3v) is 6.86. The summed E-state index contributed by atoms with van der Waals surface area (Å²) in [6, 6.07) is 3.64. The van der Waals surface area contributed by atoms with Gasteiger partial charge in [0.15, 0.2) is 0 Å². The Hall–Kier alpha value is -4.10. The Morgan fingerprint density at radius 2 is 2.08 bits per heavy atom. The number of nitrogens with zero attached hydrogens (tertiary/aromatic N) is 5. The van der Waals surface area contributed by atoms with E-state index in [0.29, 0.717) is 30.2 Å². The molecule has 0 radical (unpaired) electrons. The molecule has 2 unspecified atom stereocenters. The van der Waals surface area contributed by atoms with Crippen molar-refractivity contribution in [3.63, 3.8) is 0 Å². The number of nitrogens with two attached hydrogens (primary N) is 1. The van der Waals surface area contributed by atoms with Crippen LogP contribution in [-0.2, 0) is 16.0 Å². The molecule has 0 aromatic carbocycles. The first-order valence-electron chi connectivity index (χ1n) is 13.8. The van der Waals surface area contributed by atoms with Crippen molar-refractivity contribution in [2.24, 2.45) is 0 Å². The Bertz CT molecular complexity index is 1430. The largest absolute Gasteiger partial charge is 0.454 e. The number of rotatable bonds is 4. The van der Waals surface area contributed by atoms with Gasteiger partial charge in [0.1, 0.15) is 34.7 Å². The first-order valence-corrected chi connectivity index (χ1v) is 13.8. The van der Waals surface area contributed by atoms with Crippen molar-refractivity contribution in [1.29, 1.82) is 0 Å². The second-order valence-corrected chi connectivity index (χ2v) is 11.1. The fraction of sp³-hybridized carbons (Fsp3) is 0.467. The zero-order valence-electron chi connectivity index (χ0n) is 23.5. The average molecular weight is 545 g/mol. The number of aromatic nitrogens is 4. The molecule has 210 valence electrons. The summed E-state index contributed by atoms with van der Waals surface area (Å²) < 4.78 is 19.5. The number of pyridine rings is 2. The van der Waals surface area contributed by atoms with Crippen LogP contribution in [-0.4, -0.2) is 49.5 Å². The quantitative estimate of drug-likeness (QED) is 0.435. The maximum absolute atomic E-state index is 12.8. The molecule has 2 atom stereocenters. The standard InChI is InChI=1S/C30H36N6O4/c1-5-21-18-35(29(37)40-30(2,3)4)19-22-14-23(16-33-27(21)22)39-25-11-12-32-28(31)24(25)10-9-20-15-34-36(17-20)26-8-6-7-13-38-26/h11-12,14-17,21,26H,5-8,13,18-19H2,1-4H3,(H2,31,32). The Labute approximate surface area is 234 Å². The van der Waals surface area contributed by atoms with Crippen molar-refractivity contribution in [3.05, 3.63) is 59.3 Å². The molecule has 1 saturated heterocycles. The normalized spacial score (nSPS) is 18.9. The van der Waals surface area contributed by atoms with E-state index in [0.717, 1.165) is 49.1 Å². The SMILES string of the molecule is CCC1CN(C(=O)OC(C)(C)C)Cc2cc(Oc3ccnc(N)c3C#Cc3cnn(C4CCCCO4)c3)cnc21. The maximum atomic E-state index is 12.8. The molecule has 5 rings (SSSR count). The van der Waals surface area contributed by atoms with Gasteiger partial charge in [-0.1, -0.05) is 18.8 Å². The molecule has 0 aliphatic carbocycles. The van der Waals surface area contributed by atoms with Crippen LogP contribution in [0.5, 0.6) is 11.5 Å². The third kappa shape index (κ3) is 6.37. The molecule has 10 nitrogen and oxygen atoms in total. The van der Waals surface area contributed by atoms with Gasteiger partial charge in [-0.15, -0.1) is 0 Å². The van der Waals surface area contributed by atoms with E-state index in [1.807, 2.05) is 37.7 Å². The van der Waals surface area contributed by atoms with Crippen molar-refractivity contribution in [3.8, 4) is 23.3 Å². The number of ether oxygens (including phenoxy) is 3. The van der Waals surface area contributed by atoms with Crippen molar-refractivity contribution >= 4 is 11.9 Å². The number of fused-ring (bicyclic) bond motifs is 1. The van der Waals surface area contributed by atoms with E-state index < -0.39 is 5.60 Å². The molecule has 10 heteroatoms. The number of anilines is 1. The summed E-state index contributed by atoms with van der Waals surface area (Å²) in [7, 11) is 0. The number of carbonyl (C=O) groups is 1. The van der Waals surface area contributed by atoms with Gasteiger partial charge in [-0.25, -0.2) is 14.5 Å². The number of hydrogen-bond donors (Lipinski definition) is 1. The first kappa shape index (κ1) is 27.5. The fourth-order valence-corrected chi connectivity index (χ4v) is 4.88. The average Bonchev–Trinajstić information content (AvgIpc) is 3.40. The minimum absolute atomic E-state index is 0.0540. The zero-order chi connectivity index (χ0) is 28.3. The lowest BCUT2D eigenvalue weighted by molar-refractivity contribution is -0.0395. The lowest BCUT2D eigenvalue weighted by Gasteiger charge is -2.34. The summed E-state index contributed by atoms with van der Waals surface area (Å²) in [6.45, 7) is 9.40. The Balaban J connectivity index is 1.37. The molecule has 0 saturated carbocycles. The topological polar surface area (TPSA) is 118 Å². The molecule has 3 aromatic heterocycles. The van der Waals surface area contributed by atoms with Crippen molar-refractivity contribution in [1.82, 2.24) is 24.6 Å². The predicted octanol–water partition coefficient (Wildman–Crippen LogP) is 5.39. The summed E-state index contributed by atoms with van der Waals surface area (Å²) in [4.78, 5) is 23.5. The van der Waals surface area contributed by atoms with Gasteiger partial charge in [0.2, 0.25) is 0 Å². The summed E-state index contributed by atoms with van der Waals surface area (Å²) in [5.74, 6) is 7.61. The lowest BCUT2D eigenvalue weighted by atomic mass is 9.93. The molecule has 2 aliphatic rings. The van der Waals surface area contributed by atoms with Gasteiger partial charge in [-0.2, -0.15) is 5.10 Å². The molecule has 5 heterocycles. The van der Waals surface area contributed by atoms with E-state index in [1.165, 1.54) is 0 Å². The molecule has 40 heavy (non-hydrogen) atoms. The number of carbonyl (C=O) groups excluding carboxylic acids is 1. The van der Waals surface area contributed by atoms with Gasteiger partial charge in [0.25, 0.3) is 0 Å². The minimum Gasteiger partial charge on any atom is -0.454 e. The molecule has 1 amide bonds. The first-order chi connectivity index (χ1) is 19.2. The Morgan fingerprint density at radius 3 is 2.83 bits per heavy atom. The van der Waals surface area contributed by atoms with Crippen molar-refractivity contribution < 1.29 is 19.0 Å². The highest BCUT2D eigenvalue weighted by Gasteiger charge is 2.31. The van der Waals surface area contributed by atoms with Crippen molar-refractivity contribution in [2.45, 2.75) is 77.7 Å². The number of hydrogen-bond acceptors (Lipinski definition) is 8. The van der Waals surface area contributed by atoms with Crippen LogP contribution in [0.15, 0.2) is 36.9 Å². The van der Waals surface area contributed by atoms with Gasteiger partial charge >= 0.3 is 6.09 Å². The van der Waals surface area contributed by atoms with E-state index in [1.54, 1.807) is 29.6 Å². The highest BCUT2D eigenvalue weighted by atomic mass is 16.6. The highest BCUT2D eigenvalue weighted by Crippen LogP contribution is 2.34. The monoisotopic (exact) mass is 544 g/mol. The molecule has 3 aromatic rings. The highest BCUT2D eigenvalue weighted by molar-refractivity contribution is 5.69. The van der Waals surface area contributed by atoms with E-state index in [-0.39, 0.29) is 24.1 Å². The molecule has 2 aliphatic heterocycles. The fourth-order valence-electron chi connectivity index (χ4n) is 4.88. The number of nitrogen functional groups attached to an aromatic ring is 1. The van der Waals surface area contributed by atoms with Crippen molar-refractivity contribution in [2.75, 3.05) is 18.9 Å². The van der Waals surface area contributed by atoms with Gasteiger partial charge in [0, 0.05) is 37.5 Å². The molecule has 1 fully saturated rings. The van der Waals surface area contributed by atoms with Crippen LogP contribution in [0.1, 0.15) is 87.9 Å². The van der Waals surface area contributed by atoms with Gasteiger partial charge in [-0.3, -0.25) is 4.98 Å². The molecular weight excluding hydrogens is 508 g/mol. The van der Waals surface area contributed by atoms with Gasteiger partial charge in [0.05, 0.1) is 30.2 Å². The van der Waals surface area contributed by atoms with Gasteiger partial charge in [-0.05, 0) is 58.1 Å². The van der Waals surface area contributed by atoms with Crippen LogP contribution in [0.4, 0.5) is 10.6 Å². The van der Waals surface area contributed by atoms with Gasteiger partial charge < -0.3 is 24.8 Å². The molecular formula is C30H36N6O4. The van der Waals surface area contributed by atoms with Crippen LogP contribution in [0, 0.1) is 11.8 Å². The van der Waals surface area contributed by atoms with Crippen LogP contribution in [0.2, 0.25) is 0 Å². The third-order valence-electron chi connectivity index (χ3n) is 6.86. The lowest BCUT2D eigenvalue weighted by Crippen LogP contribution is -2.41. The van der Waals surface area contributed by atoms with E-state index in [2.05, 4.69) is 28.8 Å². The van der Waals surface area contributed by atoms with E-state index >= 15 is 0 Å². The summed E-state index contributed by atoms with van der Waals surface area (Å²) >= 11 is 0. The Kier molecular flexibility index (Phi) is 7.94. The van der Waals surface area contributed by atoms with Crippen LogP contribution >= 0.6 is 0 Å². The summed E-state index contributed by atoms with van der Waals surface area (Å²) in [6.07, 6.45) is 10.5. The summed E-state index contributed by atoms with van der Waals surface area (Å²) in [5, 5.41) is 4.42. The number of amides is 1. The molecule has 0 spiro atoms. The maximum Gasteiger partial charge on any atom is 0.410 e. The zero-order valence-corrected chi connectivity index (χ0v) is 23.5. The van der Waals surface area contributed by atoms with E-state index in [9.17, 15) is 4.79 Å². The summed E-state index contributed by atoms with van der Waals surface area (Å²) in [5.41, 5.74) is 8.75. The van der Waals surface area contributed by atoms with Crippen LogP contribution in [0.3, 0.4) is 0 Å². The Morgan fingerprint density at radius 1 is 1.23 bits per heavy atom. The smallest absolute Gasteiger partial charge is 0.410 e. The second kappa shape index (κ2) is 11.6. The predicted molar refractivity (Wildman–Crippen MR) is 150 cm³/mol. The van der Waals surface area contributed by atoms with E-state index in [4.69, 9.17) is 24.9 Å². The molecule has 0 bridgehead atoms. The van der Waals surface area contributed by atoms with Crippen LogP contribution < -0.4 is 10.5 Å². The minimum atomic E-state index is -0.566. The van der Waals surface area contributed by atoms with Crippen LogP contribution in [0.25, 0.3) is 0 Å².